The van der Waals surface area contributed by atoms with Crippen LogP contribution < -0.4 is 0 Å². The highest BCUT2D eigenvalue weighted by Crippen LogP contribution is 2.36. The molecule has 0 spiro atoms. The second-order valence-corrected chi connectivity index (χ2v) is 6.96. The van der Waals surface area contributed by atoms with Crippen molar-refractivity contribution >= 4 is 12.2 Å². The zero-order chi connectivity index (χ0) is 13.9. The quantitative estimate of drug-likeness (QED) is 0.607. The van der Waals surface area contributed by atoms with Crippen LogP contribution in [0.15, 0.2) is 0 Å². The second-order valence-electron chi connectivity index (χ2n) is 6.57. The first-order chi connectivity index (χ1) is 9.78. The van der Waals surface area contributed by atoms with Gasteiger partial charge in [-0.05, 0) is 57.3 Å². The van der Waals surface area contributed by atoms with Crippen LogP contribution in [0, 0.1) is 10.6 Å². The number of aromatic amines is 1. The summed E-state index contributed by atoms with van der Waals surface area (Å²) in [6.45, 7) is 2.32. The minimum Gasteiger partial charge on any atom is -0.347 e. The maximum Gasteiger partial charge on any atom is 0.133 e. The number of nitrogens with one attached hydrogen (secondary N) is 1. The molecule has 0 amide bonds. The molecule has 1 N–H and O–H groups in total. The average Bonchev–Trinajstić information content (AvgIpc) is 2.73. The van der Waals surface area contributed by atoms with Gasteiger partial charge >= 0.3 is 0 Å². The SMILES string of the molecule is CCC1CCC(c2nc(=S)c3c([nH]2)CCCCC3)CC1. The smallest absolute Gasteiger partial charge is 0.133 e. The minimum absolute atomic E-state index is 0.619. The lowest BCUT2D eigenvalue weighted by atomic mass is 9.80. The Balaban J connectivity index is 1.83. The Bertz CT molecular complexity index is 512. The van der Waals surface area contributed by atoms with Crippen LogP contribution in [0.3, 0.4) is 0 Å². The fourth-order valence-electron chi connectivity index (χ4n) is 3.85. The Hall–Kier alpha value is -0.700. The number of fused-ring (bicyclic) bond motifs is 1. The number of H-pyrrole nitrogens is 1. The Morgan fingerprint density at radius 3 is 2.60 bits per heavy atom. The van der Waals surface area contributed by atoms with Crippen molar-refractivity contribution in [2.45, 2.75) is 77.0 Å². The Morgan fingerprint density at radius 2 is 1.85 bits per heavy atom. The third-order valence-corrected chi connectivity index (χ3v) is 5.63. The molecule has 0 atom stereocenters. The monoisotopic (exact) mass is 290 g/mol. The van der Waals surface area contributed by atoms with E-state index >= 15 is 0 Å². The minimum atomic E-state index is 0.619. The summed E-state index contributed by atoms with van der Waals surface area (Å²) in [4.78, 5) is 8.43. The maximum absolute atomic E-state index is 5.57. The highest BCUT2D eigenvalue weighted by Gasteiger charge is 2.24. The van der Waals surface area contributed by atoms with Gasteiger partial charge < -0.3 is 4.98 Å². The van der Waals surface area contributed by atoms with E-state index in [1.807, 2.05) is 0 Å². The summed E-state index contributed by atoms with van der Waals surface area (Å²) in [5.41, 5.74) is 2.73. The molecular formula is C17H26N2S. The lowest BCUT2D eigenvalue weighted by molar-refractivity contribution is 0.311. The molecule has 1 saturated carbocycles. The number of aromatic nitrogens is 2. The number of hydrogen-bond donors (Lipinski definition) is 1. The molecule has 0 aliphatic heterocycles. The van der Waals surface area contributed by atoms with E-state index in [-0.39, 0.29) is 0 Å². The Kier molecular flexibility index (Phi) is 4.54. The first-order valence-corrected chi connectivity index (χ1v) is 8.80. The van der Waals surface area contributed by atoms with Crippen molar-refractivity contribution in [3.8, 4) is 0 Å². The fraction of sp³-hybridized carbons (Fsp3) is 0.765. The zero-order valence-electron chi connectivity index (χ0n) is 12.6. The van der Waals surface area contributed by atoms with Gasteiger partial charge in [0.25, 0.3) is 0 Å². The molecule has 110 valence electrons. The first-order valence-electron chi connectivity index (χ1n) is 8.40. The van der Waals surface area contributed by atoms with Gasteiger partial charge in [-0.2, -0.15) is 0 Å². The predicted octanol–water partition coefficient (Wildman–Crippen LogP) is 5.09. The topological polar surface area (TPSA) is 28.7 Å². The van der Waals surface area contributed by atoms with Crippen molar-refractivity contribution in [1.82, 2.24) is 9.97 Å². The number of aryl methyl sites for hydroxylation is 1. The van der Waals surface area contributed by atoms with Crippen LogP contribution in [0.5, 0.6) is 0 Å². The van der Waals surface area contributed by atoms with Gasteiger partial charge in [-0.1, -0.05) is 32.0 Å². The molecule has 2 aliphatic rings. The summed E-state index contributed by atoms with van der Waals surface area (Å²) in [5, 5.41) is 0. The van der Waals surface area contributed by atoms with E-state index in [2.05, 4.69) is 11.9 Å². The molecule has 2 nitrogen and oxygen atoms in total. The highest BCUT2D eigenvalue weighted by atomic mass is 32.1. The van der Waals surface area contributed by atoms with Crippen LogP contribution in [0.2, 0.25) is 0 Å². The summed E-state index contributed by atoms with van der Waals surface area (Å²) in [6.07, 6.45) is 12.8. The number of nitrogens with zero attached hydrogens (tertiary/aromatic N) is 1. The molecular weight excluding hydrogens is 264 g/mol. The molecule has 2 aliphatic carbocycles. The van der Waals surface area contributed by atoms with Gasteiger partial charge in [-0.3, -0.25) is 0 Å². The van der Waals surface area contributed by atoms with E-state index in [1.165, 1.54) is 74.9 Å². The summed E-state index contributed by atoms with van der Waals surface area (Å²) < 4.78 is 0.883. The normalized spacial score (nSPS) is 26.9. The van der Waals surface area contributed by atoms with E-state index in [4.69, 9.17) is 17.2 Å². The highest BCUT2D eigenvalue weighted by molar-refractivity contribution is 7.71. The summed E-state index contributed by atoms with van der Waals surface area (Å²) in [5.74, 6) is 2.74. The van der Waals surface area contributed by atoms with E-state index < -0.39 is 0 Å². The zero-order valence-corrected chi connectivity index (χ0v) is 13.4. The van der Waals surface area contributed by atoms with E-state index in [9.17, 15) is 0 Å². The Labute approximate surface area is 127 Å². The van der Waals surface area contributed by atoms with Crippen molar-refractivity contribution in [3.63, 3.8) is 0 Å². The molecule has 1 aromatic rings. The van der Waals surface area contributed by atoms with Crippen LogP contribution in [0.25, 0.3) is 0 Å². The van der Waals surface area contributed by atoms with E-state index in [0.29, 0.717) is 5.92 Å². The van der Waals surface area contributed by atoms with Crippen molar-refractivity contribution < 1.29 is 0 Å². The summed E-state index contributed by atoms with van der Waals surface area (Å²) in [7, 11) is 0. The molecule has 3 rings (SSSR count). The molecule has 0 radical (unpaired) electrons. The summed E-state index contributed by atoms with van der Waals surface area (Å²) >= 11 is 5.57. The lowest BCUT2D eigenvalue weighted by Crippen LogP contribution is -2.16. The molecule has 0 bridgehead atoms. The first kappa shape index (κ1) is 14.2. The predicted molar refractivity (Wildman–Crippen MR) is 85.7 cm³/mol. The molecule has 0 aromatic carbocycles. The van der Waals surface area contributed by atoms with Gasteiger partial charge in [0.2, 0.25) is 0 Å². The van der Waals surface area contributed by atoms with Gasteiger partial charge in [0.05, 0.1) is 0 Å². The third-order valence-electron chi connectivity index (χ3n) is 5.29. The fourth-order valence-corrected chi connectivity index (χ4v) is 4.18. The van der Waals surface area contributed by atoms with Crippen molar-refractivity contribution in [2.75, 3.05) is 0 Å². The largest absolute Gasteiger partial charge is 0.347 e. The van der Waals surface area contributed by atoms with Crippen molar-refractivity contribution in [3.05, 3.63) is 21.7 Å². The van der Waals surface area contributed by atoms with Crippen LogP contribution in [-0.2, 0) is 12.8 Å². The Morgan fingerprint density at radius 1 is 1.10 bits per heavy atom. The number of rotatable bonds is 2. The molecule has 1 aromatic heterocycles. The standard InChI is InChI=1S/C17H26N2S/c1-2-12-8-10-13(11-9-12)16-18-15-7-5-3-4-6-14(15)17(20)19-16/h12-13H,2-11H2,1H3,(H,18,19,20). The van der Waals surface area contributed by atoms with Gasteiger partial charge in [0.15, 0.2) is 0 Å². The van der Waals surface area contributed by atoms with Gasteiger partial charge in [-0.15, -0.1) is 0 Å². The molecule has 3 heteroatoms. The lowest BCUT2D eigenvalue weighted by Gasteiger charge is -2.27. The van der Waals surface area contributed by atoms with Crippen LogP contribution in [0.4, 0.5) is 0 Å². The second kappa shape index (κ2) is 6.38. The molecule has 0 unspecified atom stereocenters. The van der Waals surface area contributed by atoms with Crippen molar-refractivity contribution in [2.24, 2.45) is 5.92 Å². The molecule has 1 fully saturated rings. The summed E-state index contributed by atoms with van der Waals surface area (Å²) in [6, 6.07) is 0. The maximum atomic E-state index is 5.57. The van der Waals surface area contributed by atoms with Crippen molar-refractivity contribution in [1.29, 1.82) is 0 Å². The van der Waals surface area contributed by atoms with Gasteiger partial charge in [-0.25, -0.2) is 4.98 Å². The van der Waals surface area contributed by atoms with Crippen LogP contribution >= 0.6 is 12.2 Å². The van der Waals surface area contributed by atoms with E-state index in [0.717, 1.165) is 17.0 Å². The van der Waals surface area contributed by atoms with Gasteiger partial charge in [0, 0.05) is 17.2 Å². The van der Waals surface area contributed by atoms with Crippen LogP contribution in [0.1, 0.15) is 81.3 Å². The van der Waals surface area contributed by atoms with Crippen LogP contribution in [-0.4, -0.2) is 9.97 Å². The molecule has 1 heterocycles. The number of hydrogen-bond acceptors (Lipinski definition) is 2. The molecule has 20 heavy (non-hydrogen) atoms. The van der Waals surface area contributed by atoms with Gasteiger partial charge in [0.1, 0.15) is 10.5 Å². The third kappa shape index (κ3) is 2.98. The molecule has 0 saturated heterocycles. The van der Waals surface area contributed by atoms with E-state index in [1.54, 1.807) is 0 Å². The average molecular weight is 290 g/mol.